The third-order valence-corrected chi connectivity index (χ3v) is 5.65. The number of alkyl halides is 1. The molecule has 0 aliphatic carbocycles. The second kappa shape index (κ2) is 7.34. The summed E-state index contributed by atoms with van der Waals surface area (Å²) < 4.78 is 2.14. The van der Waals surface area contributed by atoms with E-state index in [0.29, 0.717) is 5.88 Å². The Balaban J connectivity index is 1.79. The summed E-state index contributed by atoms with van der Waals surface area (Å²) in [4.78, 5) is 9.69. The van der Waals surface area contributed by atoms with Crippen molar-refractivity contribution in [2.45, 2.75) is 18.8 Å². The molecule has 0 saturated carbocycles. The van der Waals surface area contributed by atoms with Gasteiger partial charge in [0.2, 0.25) is 0 Å². The molecular weight excluding hydrogens is 378 g/mol. The zero-order chi connectivity index (χ0) is 19.8. The van der Waals surface area contributed by atoms with Gasteiger partial charge in [0.05, 0.1) is 41.0 Å². The number of nitrogens with zero attached hydrogens (tertiary/aromatic N) is 3. The minimum absolute atomic E-state index is 0.0472. The van der Waals surface area contributed by atoms with Gasteiger partial charge in [0.15, 0.2) is 0 Å². The molecule has 0 amide bonds. The van der Waals surface area contributed by atoms with Crippen LogP contribution in [0.5, 0.6) is 0 Å². The Morgan fingerprint density at radius 2 is 1.55 bits per heavy atom. The van der Waals surface area contributed by atoms with Gasteiger partial charge in [-0.15, -0.1) is 11.6 Å². The summed E-state index contributed by atoms with van der Waals surface area (Å²) in [6.45, 7) is 2.11. The van der Waals surface area contributed by atoms with E-state index in [9.17, 15) is 0 Å². The number of aromatic nitrogens is 2. The molecule has 142 valence electrons. The van der Waals surface area contributed by atoms with Gasteiger partial charge in [-0.2, -0.15) is 0 Å². The van der Waals surface area contributed by atoms with E-state index in [4.69, 9.17) is 16.6 Å². The number of imidazole rings is 1. The molecule has 1 aliphatic rings. The number of halogens is 1. The van der Waals surface area contributed by atoms with Crippen molar-refractivity contribution >= 4 is 17.3 Å². The summed E-state index contributed by atoms with van der Waals surface area (Å²) >= 11 is 6.19. The summed E-state index contributed by atoms with van der Waals surface area (Å²) in [5.74, 6) is 0.375. The van der Waals surface area contributed by atoms with Crippen LogP contribution in [0, 0.1) is 0 Å². The molecular formula is C25H20ClN3. The molecule has 5 rings (SSSR count). The average Bonchev–Trinajstić information content (AvgIpc) is 3.17. The lowest BCUT2D eigenvalue weighted by Crippen LogP contribution is -2.07. The first-order chi connectivity index (χ1) is 14.3. The molecule has 0 saturated heterocycles. The van der Waals surface area contributed by atoms with Crippen molar-refractivity contribution in [1.82, 2.24) is 9.55 Å². The topological polar surface area (TPSA) is 30.2 Å². The van der Waals surface area contributed by atoms with Gasteiger partial charge in [0.1, 0.15) is 0 Å². The van der Waals surface area contributed by atoms with Gasteiger partial charge in [-0.1, -0.05) is 66.7 Å². The molecule has 4 heteroatoms. The molecule has 1 aromatic heterocycles. The van der Waals surface area contributed by atoms with Crippen LogP contribution in [0.4, 0.5) is 0 Å². The lowest BCUT2D eigenvalue weighted by atomic mass is 9.96. The molecule has 2 heterocycles. The molecule has 1 aliphatic heterocycles. The smallest absolute Gasteiger partial charge is 0.0999 e. The van der Waals surface area contributed by atoms with Crippen molar-refractivity contribution in [2.24, 2.45) is 4.99 Å². The predicted octanol–water partition coefficient (Wildman–Crippen LogP) is 6.19. The Morgan fingerprint density at radius 1 is 0.862 bits per heavy atom. The number of hydrogen-bond acceptors (Lipinski definition) is 2. The van der Waals surface area contributed by atoms with Gasteiger partial charge >= 0.3 is 0 Å². The summed E-state index contributed by atoms with van der Waals surface area (Å²) in [7, 11) is 0. The van der Waals surface area contributed by atoms with Gasteiger partial charge in [0.25, 0.3) is 0 Å². The van der Waals surface area contributed by atoms with Crippen LogP contribution in [0.15, 0.2) is 90.2 Å². The highest BCUT2D eigenvalue weighted by Crippen LogP contribution is 2.34. The fourth-order valence-corrected chi connectivity index (χ4v) is 4.23. The van der Waals surface area contributed by atoms with Crippen LogP contribution < -0.4 is 0 Å². The van der Waals surface area contributed by atoms with E-state index in [1.807, 2.05) is 18.5 Å². The fourth-order valence-electron chi connectivity index (χ4n) is 4.03. The zero-order valence-electron chi connectivity index (χ0n) is 16.1. The predicted molar refractivity (Wildman–Crippen MR) is 119 cm³/mol. The highest BCUT2D eigenvalue weighted by molar-refractivity contribution is 6.17. The number of fused-ring (bicyclic) bond motifs is 3. The van der Waals surface area contributed by atoms with E-state index >= 15 is 0 Å². The highest BCUT2D eigenvalue weighted by Gasteiger charge is 2.25. The molecule has 1 atom stereocenters. The summed E-state index contributed by atoms with van der Waals surface area (Å²) in [6, 6.07) is 27.3. The summed E-state index contributed by atoms with van der Waals surface area (Å²) in [6.07, 6.45) is 1.87. The quantitative estimate of drug-likeness (QED) is 0.379. The zero-order valence-corrected chi connectivity index (χ0v) is 16.8. The molecule has 0 spiro atoms. The average molecular weight is 398 g/mol. The van der Waals surface area contributed by atoms with E-state index in [1.54, 1.807) is 0 Å². The largest absolute Gasteiger partial charge is 0.300 e. The Kier molecular flexibility index (Phi) is 4.53. The van der Waals surface area contributed by atoms with Gasteiger partial charge < -0.3 is 4.57 Å². The maximum atomic E-state index is 6.19. The third kappa shape index (κ3) is 3.08. The van der Waals surface area contributed by atoms with Crippen molar-refractivity contribution in [2.75, 3.05) is 0 Å². The van der Waals surface area contributed by atoms with Gasteiger partial charge in [-0.25, -0.2) is 4.98 Å². The van der Waals surface area contributed by atoms with Crippen molar-refractivity contribution < 1.29 is 0 Å². The van der Waals surface area contributed by atoms with Crippen LogP contribution in [0.25, 0.3) is 16.8 Å². The van der Waals surface area contributed by atoms with E-state index in [-0.39, 0.29) is 6.04 Å². The maximum Gasteiger partial charge on any atom is 0.0999 e. The van der Waals surface area contributed by atoms with Gasteiger partial charge in [-0.05, 0) is 30.2 Å². The van der Waals surface area contributed by atoms with Crippen LogP contribution in [-0.4, -0.2) is 15.3 Å². The van der Waals surface area contributed by atoms with E-state index < -0.39 is 0 Å². The van der Waals surface area contributed by atoms with Gasteiger partial charge in [0, 0.05) is 11.1 Å². The molecule has 0 bridgehead atoms. The minimum atomic E-state index is -0.0472. The highest BCUT2D eigenvalue weighted by atomic mass is 35.5. The first kappa shape index (κ1) is 17.9. The van der Waals surface area contributed by atoms with E-state index in [1.165, 1.54) is 11.1 Å². The molecule has 3 aromatic carbocycles. The van der Waals surface area contributed by atoms with Crippen LogP contribution in [0.1, 0.15) is 35.5 Å². The maximum absolute atomic E-state index is 6.19. The Bertz CT molecular complexity index is 1190. The first-order valence-corrected chi connectivity index (χ1v) is 10.2. The number of aliphatic imine (C=N–C) groups is 1. The van der Waals surface area contributed by atoms with Crippen molar-refractivity contribution in [3.63, 3.8) is 0 Å². The molecule has 0 N–H and O–H groups in total. The SMILES string of the molecule is C[C@H]1N=C(c2ccccc2)c2cc(-c3ccccc3)ccc2-n2cnc(CCl)c21. The Labute approximate surface area is 175 Å². The lowest BCUT2D eigenvalue weighted by molar-refractivity contribution is 0.754. The standard InChI is InChI=1S/C25H20ClN3/c1-17-25-22(15-26)27-16-29(25)23-13-12-20(18-8-4-2-5-9-18)14-21(23)24(28-17)19-10-6-3-7-11-19/h2-14,16-17H,15H2,1H3/t17-/m1/s1. The number of benzene rings is 3. The van der Waals surface area contributed by atoms with Crippen molar-refractivity contribution in [3.8, 4) is 16.8 Å². The second-order valence-electron chi connectivity index (χ2n) is 7.20. The van der Waals surface area contributed by atoms with Crippen LogP contribution >= 0.6 is 11.6 Å². The summed E-state index contributed by atoms with van der Waals surface area (Å²) in [5.41, 5.74) is 8.58. The normalized spacial score (nSPS) is 15.2. The van der Waals surface area contributed by atoms with Crippen LogP contribution in [-0.2, 0) is 5.88 Å². The monoisotopic (exact) mass is 397 g/mol. The van der Waals surface area contributed by atoms with Crippen LogP contribution in [0.2, 0.25) is 0 Å². The minimum Gasteiger partial charge on any atom is -0.300 e. The van der Waals surface area contributed by atoms with Crippen molar-refractivity contribution in [3.05, 3.63) is 108 Å². The Hall–Kier alpha value is -3.17. The summed E-state index contributed by atoms with van der Waals surface area (Å²) in [5, 5.41) is 0. The fraction of sp³-hybridized carbons (Fsp3) is 0.120. The third-order valence-electron chi connectivity index (χ3n) is 5.39. The molecule has 4 aromatic rings. The van der Waals surface area contributed by atoms with Crippen LogP contribution in [0.3, 0.4) is 0 Å². The number of rotatable bonds is 3. The van der Waals surface area contributed by atoms with E-state index in [0.717, 1.165) is 33.9 Å². The van der Waals surface area contributed by atoms with E-state index in [2.05, 4.69) is 83.2 Å². The Morgan fingerprint density at radius 3 is 2.24 bits per heavy atom. The second-order valence-corrected chi connectivity index (χ2v) is 7.47. The molecule has 0 unspecified atom stereocenters. The molecule has 0 radical (unpaired) electrons. The lowest BCUT2D eigenvalue weighted by Gasteiger charge is -2.14. The van der Waals surface area contributed by atoms with Crippen molar-refractivity contribution in [1.29, 1.82) is 0 Å². The van der Waals surface area contributed by atoms with Gasteiger partial charge in [-0.3, -0.25) is 4.99 Å². The number of hydrogen-bond donors (Lipinski definition) is 0. The molecule has 29 heavy (non-hydrogen) atoms. The first-order valence-electron chi connectivity index (χ1n) is 9.72. The molecule has 3 nitrogen and oxygen atoms in total. The molecule has 0 fully saturated rings.